The van der Waals surface area contributed by atoms with Crippen molar-refractivity contribution in [3.63, 3.8) is 0 Å². The Morgan fingerprint density at radius 3 is 2.43 bits per heavy atom. The number of cyclic esters (lactones) is 1. The first-order chi connectivity index (χ1) is 6.75. The van der Waals surface area contributed by atoms with Gasteiger partial charge in [-0.2, -0.15) is 0 Å². The summed E-state index contributed by atoms with van der Waals surface area (Å²) in [6.07, 6.45) is 8.53. The molecule has 2 nitrogen and oxygen atoms in total. The van der Waals surface area contributed by atoms with Gasteiger partial charge < -0.3 is 4.74 Å². The van der Waals surface area contributed by atoms with Gasteiger partial charge >= 0.3 is 5.97 Å². The molecule has 0 amide bonds. The van der Waals surface area contributed by atoms with Gasteiger partial charge in [-0.3, -0.25) is 4.79 Å². The van der Waals surface area contributed by atoms with Crippen LogP contribution < -0.4 is 0 Å². The van der Waals surface area contributed by atoms with Crippen LogP contribution in [0, 0.1) is 5.92 Å². The Kier molecular flexibility index (Phi) is 4.71. The van der Waals surface area contributed by atoms with Crippen molar-refractivity contribution in [2.75, 3.05) is 0 Å². The van der Waals surface area contributed by atoms with Gasteiger partial charge in [0.1, 0.15) is 11.7 Å². The second-order valence-electron chi connectivity index (χ2n) is 4.00. The summed E-state index contributed by atoms with van der Waals surface area (Å²) in [7, 11) is 0. The highest BCUT2D eigenvalue weighted by Crippen LogP contribution is 2.29. The molecule has 1 unspecified atom stereocenters. The Hall–Kier alpha value is -0.790. The molecule has 1 fully saturated rings. The predicted molar refractivity (Wildman–Crippen MR) is 56.7 cm³/mol. The van der Waals surface area contributed by atoms with E-state index in [2.05, 4.69) is 13.5 Å². The summed E-state index contributed by atoms with van der Waals surface area (Å²) in [6.45, 7) is 5.89. The zero-order valence-electron chi connectivity index (χ0n) is 9.05. The SMILES string of the molecule is C=C1OC(=O)C1CCCCCCCC. The van der Waals surface area contributed by atoms with E-state index in [1.807, 2.05) is 0 Å². The lowest BCUT2D eigenvalue weighted by Crippen LogP contribution is -2.31. The summed E-state index contributed by atoms with van der Waals surface area (Å²) in [6, 6.07) is 0. The molecule has 0 aromatic rings. The molecule has 0 aromatic heterocycles. The third-order valence-electron chi connectivity index (χ3n) is 2.75. The predicted octanol–water partition coefficient (Wildman–Crippen LogP) is 3.42. The van der Waals surface area contributed by atoms with Crippen molar-refractivity contribution in [2.24, 2.45) is 5.92 Å². The largest absolute Gasteiger partial charge is 0.430 e. The van der Waals surface area contributed by atoms with Gasteiger partial charge in [0, 0.05) is 0 Å². The second kappa shape index (κ2) is 5.84. The van der Waals surface area contributed by atoms with Crippen LogP contribution in [0.1, 0.15) is 51.9 Å². The first kappa shape index (κ1) is 11.3. The average Bonchev–Trinajstić information content (AvgIpc) is 2.16. The molecule has 1 rings (SSSR count). The number of ether oxygens (including phenoxy) is 1. The summed E-state index contributed by atoms with van der Waals surface area (Å²) < 4.78 is 4.71. The molecule has 0 aromatic carbocycles. The molecule has 0 spiro atoms. The number of carbonyl (C=O) groups is 1. The Balaban J connectivity index is 1.93. The minimum absolute atomic E-state index is 0.0150. The Morgan fingerprint density at radius 1 is 1.21 bits per heavy atom. The summed E-state index contributed by atoms with van der Waals surface area (Å²) in [5.41, 5.74) is 0. The number of rotatable bonds is 7. The second-order valence-corrected chi connectivity index (χ2v) is 4.00. The fourth-order valence-electron chi connectivity index (χ4n) is 1.75. The van der Waals surface area contributed by atoms with Gasteiger partial charge in [0.05, 0.1) is 0 Å². The maximum absolute atomic E-state index is 10.9. The summed E-state index contributed by atoms with van der Waals surface area (Å²) in [4.78, 5) is 10.9. The monoisotopic (exact) mass is 196 g/mol. The number of hydrogen-bond acceptors (Lipinski definition) is 2. The molecule has 2 heteroatoms. The van der Waals surface area contributed by atoms with Crippen LogP contribution in [0.15, 0.2) is 12.3 Å². The van der Waals surface area contributed by atoms with Crippen molar-refractivity contribution in [2.45, 2.75) is 51.9 Å². The lowest BCUT2D eigenvalue weighted by Gasteiger charge is -2.26. The molecule has 80 valence electrons. The molecule has 0 radical (unpaired) electrons. The highest BCUT2D eigenvalue weighted by Gasteiger charge is 2.34. The smallest absolute Gasteiger partial charge is 0.321 e. The van der Waals surface area contributed by atoms with Gasteiger partial charge in [-0.05, 0) is 6.42 Å². The third-order valence-corrected chi connectivity index (χ3v) is 2.75. The quantitative estimate of drug-likeness (QED) is 0.460. The Labute approximate surface area is 86.3 Å². The molecular formula is C12H20O2. The van der Waals surface area contributed by atoms with Crippen LogP contribution in [-0.2, 0) is 9.53 Å². The maximum Gasteiger partial charge on any atom is 0.321 e. The highest BCUT2D eigenvalue weighted by molar-refractivity contribution is 5.82. The summed E-state index contributed by atoms with van der Waals surface area (Å²) in [5.74, 6) is 0.605. The molecule has 0 N–H and O–H groups in total. The first-order valence-electron chi connectivity index (χ1n) is 5.66. The van der Waals surface area contributed by atoms with Crippen LogP contribution >= 0.6 is 0 Å². The summed E-state index contributed by atoms with van der Waals surface area (Å²) in [5, 5.41) is 0. The highest BCUT2D eigenvalue weighted by atomic mass is 16.6. The van der Waals surface area contributed by atoms with Crippen LogP contribution in [0.2, 0.25) is 0 Å². The van der Waals surface area contributed by atoms with Crippen molar-refractivity contribution in [3.05, 3.63) is 12.3 Å². The van der Waals surface area contributed by atoms with E-state index >= 15 is 0 Å². The van der Waals surface area contributed by atoms with Crippen LogP contribution in [-0.4, -0.2) is 5.97 Å². The van der Waals surface area contributed by atoms with Gasteiger partial charge in [-0.1, -0.05) is 52.0 Å². The lowest BCUT2D eigenvalue weighted by molar-refractivity contribution is -0.157. The van der Waals surface area contributed by atoms with E-state index in [4.69, 9.17) is 4.74 Å². The van der Waals surface area contributed by atoms with Gasteiger partial charge in [-0.15, -0.1) is 0 Å². The normalized spacial score (nSPS) is 20.5. The van der Waals surface area contributed by atoms with E-state index in [1.165, 1.54) is 32.1 Å². The first-order valence-corrected chi connectivity index (χ1v) is 5.66. The van der Waals surface area contributed by atoms with Crippen LogP contribution in [0.3, 0.4) is 0 Å². The standard InChI is InChI=1S/C12H20O2/c1-3-4-5-6-7-8-9-11-10(2)14-12(11)13/h11H,2-9H2,1H3. The molecule has 1 heterocycles. The lowest BCUT2D eigenvalue weighted by atomic mass is 9.95. The van der Waals surface area contributed by atoms with Crippen molar-refractivity contribution < 1.29 is 9.53 Å². The fourth-order valence-corrected chi connectivity index (χ4v) is 1.75. The summed E-state index contributed by atoms with van der Waals surface area (Å²) >= 11 is 0. The minimum atomic E-state index is -0.0800. The molecule has 1 atom stereocenters. The van der Waals surface area contributed by atoms with E-state index in [9.17, 15) is 4.79 Å². The molecule has 1 aliphatic heterocycles. The van der Waals surface area contributed by atoms with E-state index in [-0.39, 0.29) is 11.9 Å². The molecule has 1 aliphatic rings. The molecule has 14 heavy (non-hydrogen) atoms. The Morgan fingerprint density at radius 2 is 1.86 bits per heavy atom. The zero-order valence-corrected chi connectivity index (χ0v) is 9.05. The molecule has 0 aliphatic carbocycles. The average molecular weight is 196 g/mol. The van der Waals surface area contributed by atoms with E-state index in [0.717, 1.165) is 12.8 Å². The van der Waals surface area contributed by atoms with Gasteiger partial charge in [0.2, 0.25) is 0 Å². The van der Waals surface area contributed by atoms with Crippen molar-refractivity contribution in [1.29, 1.82) is 0 Å². The Bertz CT molecular complexity index is 194. The number of esters is 1. The minimum Gasteiger partial charge on any atom is -0.430 e. The zero-order chi connectivity index (χ0) is 10.4. The molecule has 1 saturated heterocycles. The molecular weight excluding hydrogens is 176 g/mol. The third kappa shape index (κ3) is 3.17. The van der Waals surface area contributed by atoms with Crippen molar-refractivity contribution >= 4 is 5.97 Å². The molecule has 0 bridgehead atoms. The number of hydrogen-bond donors (Lipinski definition) is 0. The topological polar surface area (TPSA) is 26.3 Å². The number of carbonyl (C=O) groups excluding carboxylic acids is 1. The van der Waals surface area contributed by atoms with Gasteiger partial charge in [-0.25, -0.2) is 0 Å². The van der Waals surface area contributed by atoms with Crippen molar-refractivity contribution in [3.8, 4) is 0 Å². The van der Waals surface area contributed by atoms with Crippen LogP contribution in [0.5, 0.6) is 0 Å². The van der Waals surface area contributed by atoms with E-state index < -0.39 is 0 Å². The van der Waals surface area contributed by atoms with Gasteiger partial charge in [0.25, 0.3) is 0 Å². The van der Waals surface area contributed by atoms with E-state index in [1.54, 1.807) is 0 Å². The van der Waals surface area contributed by atoms with E-state index in [0.29, 0.717) is 5.76 Å². The van der Waals surface area contributed by atoms with Crippen LogP contribution in [0.25, 0.3) is 0 Å². The fraction of sp³-hybridized carbons (Fsp3) is 0.750. The van der Waals surface area contributed by atoms with Crippen molar-refractivity contribution in [1.82, 2.24) is 0 Å². The van der Waals surface area contributed by atoms with Crippen LogP contribution in [0.4, 0.5) is 0 Å². The maximum atomic E-state index is 10.9. The molecule has 0 saturated carbocycles. The van der Waals surface area contributed by atoms with Gasteiger partial charge in [0.15, 0.2) is 0 Å². The number of unbranched alkanes of at least 4 members (excludes halogenated alkanes) is 5.